The normalized spacial score (nSPS) is 12.4. The number of benzene rings is 2. The zero-order valence-corrected chi connectivity index (χ0v) is 13.0. The molecule has 0 heterocycles. The maximum Gasteiger partial charge on any atom is 0.416 e. The first-order valence-electron chi connectivity index (χ1n) is 7.21. The fourth-order valence-corrected chi connectivity index (χ4v) is 2.24. The Morgan fingerprint density at radius 3 is 2.31 bits per heavy atom. The minimum atomic E-state index is -4.76. The molecule has 0 aliphatic heterocycles. The number of halogens is 3. The number of carbonyl (C=O) groups is 1. The van der Waals surface area contributed by atoms with Crippen molar-refractivity contribution in [1.29, 1.82) is 0 Å². The van der Waals surface area contributed by atoms with Crippen LogP contribution >= 0.6 is 0 Å². The van der Waals surface area contributed by atoms with Crippen LogP contribution in [0.15, 0.2) is 42.5 Å². The molecule has 10 heteroatoms. The molecule has 0 fully saturated rings. The molecule has 7 nitrogen and oxygen atoms in total. The molecular formula is C16H13F3N2O5. The lowest BCUT2D eigenvalue weighted by atomic mass is 10.0. The van der Waals surface area contributed by atoms with E-state index >= 15 is 0 Å². The monoisotopic (exact) mass is 370 g/mol. The Bertz CT molecular complexity index is 822. The van der Waals surface area contributed by atoms with Gasteiger partial charge in [-0.3, -0.25) is 10.1 Å². The summed E-state index contributed by atoms with van der Waals surface area (Å²) in [5, 5.41) is 32.0. The predicted molar refractivity (Wildman–Crippen MR) is 85.0 cm³/mol. The Labute approximate surface area is 144 Å². The summed E-state index contributed by atoms with van der Waals surface area (Å²) in [6.45, 7) is 0. The molecule has 0 aromatic heterocycles. The number of carboxylic acids is 1. The summed E-state index contributed by atoms with van der Waals surface area (Å²) in [4.78, 5) is 21.5. The van der Waals surface area contributed by atoms with Gasteiger partial charge >= 0.3 is 12.1 Å². The van der Waals surface area contributed by atoms with Gasteiger partial charge in [-0.2, -0.15) is 13.2 Å². The van der Waals surface area contributed by atoms with Crippen LogP contribution in [0, 0.1) is 10.1 Å². The third-order valence-corrected chi connectivity index (χ3v) is 3.53. The second kappa shape index (κ2) is 7.30. The van der Waals surface area contributed by atoms with Gasteiger partial charge in [-0.05, 0) is 29.8 Å². The van der Waals surface area contributed by atoms with Gasteiger partial charge in [0.1, 0.15) is 17.5 Å². The molecule has 3 N–H and O–H groups in total. The van der Waals surface area contributed by atoms with E-state index in [4.69, 9.17) is 0 Å². The second-order valence-electron chi connectivity index (χ2n) is 5.39. The highest BCUT2D eigenvalue weighted by Crippen LogP contribution is 2.35. The van der Waals surface area contributed by atoms with Gasteiger partial charge in [0, 0.05) is 12.5 Å². The number of nitro benzene ring substituents is 1. The molecule has 138 valence electrons. The number of phenols is 1. The number of nitro groups is 1. The Kier molecular flexibility index (Phi) is 5.34. The van der Waals surface area contributed by atoms with Crippen molar-refractivity contribution >= 4 is 17.3 Å². The van der Waals surface area contributed by atoms with Crippen LogP contribution < -0.4 is 5.32 Å². The Hall–Kier alpha value is -3.30. The zero-order valence-electron chi connectivity index (χ0n) is 13.0. The maximum absolute atomic E-state index is 12.7. The van der Waals surface area contributed by atoms with Crippen molar-refractivity contribution in [3.8, 4) is 5.75 Å². The van der Waals surface area contributed by atoms with Crippen molar-refractivity contribution in [2.24, 2.45) is 0 Å². The summed E-state index contributed by atoms with van der Waals surface area (Å²) in [5.41, 5.74) is -1.91. The van der Waals surface area contributed by atoms with Crippen molar-refractivity contribution < 1.29 is 33.1 Å². The lowest BCUT2D eigenvalue weighted by molar-refractivity contribution is -0.384. The summed E-state index contributed by atoms with van der Waals surface area (Å²) in [6.07, 6.45) is -4.87. The minimum Gasteiger partial charge on any atom is -0.508 e. The molecule has 2 aromatic carbocycles. The molecule has 0 saturated carbocycles. The van der Waals surface area contributed by atoms with Gasteiger partial charge in [0.05, 0.1) is 10.5 Å². The van der Waals surface area contributed by atoms with E-state index in [1.807, 2.05) is 0 Å². The van der Waals surface area contributed by atoms with Gasteiger partial charge in [-0.1, -0.05) is 12.1 Å². The Balaban J connectivity index is 2.31. The molecule has 0 saturated heterocycles. The van der Waals surface area contributed by atoms with Crippen LogP contribution in [0.5, 0.6) is 5.75 Å². The number of aliphatic carboxylic acids is 1. The molecule has 0 spiro atoms. The summed E-state index contributed by atoms with van der Waals surface area (Å²) in [5.74, 6) is -1.36. The summed E-state index contributed by atoms with van der Waals surface area (Å²) in [7, 11) is 0. The zero-order chi connectivity index (χ0) is 19.5. The lowest BCUT2D eigenvalue weighted by Crippen LogP contribution is -2.31. The van der Waals surface area contributed by atoms with Crippen LogP contribution in [-0.2, 0) is 17.4 Å². The number of anilines is 1. The molecule has 26 heavy (non-hydrogen) atoms. The van der Waals surface area contributed by atoms with E-state index in [1.54, 1.807) is 0 Å². The lowest BCUT2D eigenvalue weighted by Gasteiger charge is -2.17. The van der Waals surface area contributed by atoms with Crippen molar-refractivity contribution in [3.05, 3.63) is 63.7 Å². The first-order valence-corrected chi connectivity index (χ1v) is 7.21. The average molecular weight is 370 g/mol. The van der Waals surface area contributed by atoms with Gasteiger partial charge in [0.15, 0.2) is 0 Å². The van der Waals surface area contributed by atoms with Crippen molar-refractivity contribution in [2.75, 3.05) is 5.32 Å². The topological polar surface area (TPSA) is 113 Å². The number of hydrogen-bond donors (Lipinski definition) is 3. The van der Waals surface area contributed by atoms with Crippen molar-refractivity contribution in [3.63, 3.8) is 0 Å². The van der Waals surface area contributed by atoms with E-state index in [-0.39, 0.29) is 17.9 Å². The Morgan fingerprint density at radius 2 is 1.81 bits per heavy atom. The van der Waals surface area contributed by atoms with Gasteiger partial charge in [-0.25, -0.2) is 4.79 Å². The molecule has 0 amide bonds. The number of rotatable bonds is 6. The van der Waals surface area contributed by atoms with E-state index in [9.17, 15) is 38.3 Å². The number of alkyl halides is 3. The SMILES string of the molecule is O=C(O)C(Cc1ccc(O)cc1)Nc1ccc(C(F)(F)F)cc1[N+](=O)[O-]. The molecule has 1 atom stereocenters. The third kappa shape index (κ3) is 4.62. The number of hydrogen-bond acceptors (Lipinski definition) is 5. The van der Waals surface area contributed by atoms with Crippen LogP contribution in [0.2, 0.25) is 0 Å². The van der Waals surface area contributed by atoms with E-state index in [0.29, 0.717) is 17.7 Å². The van der Waals surface area contributed by atoms with Gasteiger partial charge in [-0.15, -0.1) is 0 Å². The van der Waals surface area contributed by atoms with Crippen molar-refractivity contribution in [2.45, 2.75) is 18.6 Å². The van der Waals surface area contributed by atoms with Gasteiger partial charge in [0.2, 0.25) is 0 Å². The quantitative estimate of drug-likeness (QED) is 0.530. The third-order valence-electron chi connectivity index (χ3n) is 3.53. The van der Waals surface area contributed by atoms with Gasteiger partial charge in [0.25, 0.3) is 5.69 Å². The molecule has 0 radical (unpaired) electrons. The first-order chi connectivity index (χ1) is 12.1. The predicted octanol–water partition coefficient (Wildman–Crippen LogP) is 3.43. The molecule has 1 unspecified atom stereocenters. The molecule has 0 aliphatic rings. The van der Waals surface area contributed by atoms with Crippen LogP contribution in [0.25, 0.3) is 0 Å². The number of phenolic OH excluding ortho intramolecular Hbond substituents is 1. The minimum absolute atomic E-state index is 0.0213. The van der Waals surface area contributed by atoms with Crippen molar-refractivity contribution in [1.82, 2.24) is 0 Å². The molecule has 2 rings (SSSR count). The highest BCUT2D eigenvalue weighted by Gasteiger charge is 2.33. The van der Waals surface area contributed by atoms with Crippen LogP contribution in [0.1, 0.15) is 11.1 Å². The maximum atomic E-state index is 12.7. The van der Waals surface area contributed by atoms with Crippen LogP contribution in [-0.4, -0.2) is 27.1 Å². The summed E-state index contributed by atoms with van der Waals surface area (Å²) < 4.78 is 38.1. The molecular weight excluding hydrogens is 357 g/mol. The van der Waals surface area contributed by atoms with E-state index in [1.165, 1.54) is 24.3 Å². The Morgan fingerprint density at radius 1 is 1.19 bits per heavy atom. The molecule has 0 bridgehead atoms. The number of aromatic hydroxyl groups is 1. The molecule has 2 aromatic rings. The standard InChI is InChI=1S/C16H13F3N2O5/c17-16(18,19)10-3-6-12(14(8-10)21(25)26)20-13(15(23)24)7-9-1-4-11(22)5-2-9/h1-6,8,13,20,22H,7H2,(H,23,24). The number of carboxylic acid groups (broad SMARTS) is 1. The number of nitrogens with zero attached hydrogens (tertiary/aromatic N) is 1. The van der Waals surface area contributed by atoms with E-state index in [0.717, 1.165) is 6.07 Å². The van der Waals surface area contributed by atoms with Crippen LogP contribution in [0.4, 0.5) is 24.5 Å². The van der Waals surface area contributed by atoms with Crippen LogP contribution in [0.3, 0.4) is 0 Å². The van der Waals surface area contributed by atoms with Gasteiger partial charge < -0.3 is 15.5 Å². The van der Waals surface area contributed by atoms with E-state index < -0.39 is 34.4 Å². The number of nitrogens with one attached hydrogen (secondary N) is 1. The fraction of sp³-hybridized carbons (Fsp3) is 0.188. The smallest absolute Gasteiger partial charge is 0.416 e. The summed E-state index contributed by atoms with van der Waals surface area (Å²) >= 11 is 0. The largest absolute Gasteiger partial charge is 0.508 e. The average Bonchev–Trinajstić information content (AvgIpc) is 2.55. The second-order valence-corrected chi connectivity index (χ2v) is 5.39. The first kappa shape index (κ1) is 19.0. The highest BCUT2D eigenvalue weighted by molar-refractivity contribution is 5.79. The molecule has 0 aliphatic carbocycles. The van der Waals surface area contributed by atoms with E-state index in [2.05, 4.69) is 5.32 Å². The fourth-order valence-electron chi connectivity index (χ4n) is 2.24. The highest BCUT2D eigenvalue weighted by atomic mass is 19.4. The summed E-state index contributed by atoms with van der Waals surface area (Å²) in [6, 6.07) is 6.10.